The number of aromatic nitrogens is 2. The van der Waals surface area contributed by atoms with Gasteiger partial charge < -0.3 is 10.1 Å². The van der Waals surface area contributed by atoms with Crippen molar-refractivity contribution in [1.29, 1.82) is 0 Å². The lowest BCUT2D eigenvalue weighted by Crippen LogP contribution is -2.34. The smallest absolute Gasteiger partial charge is 0.325 e. The zero-order valence-electron chi connectivity index (χ0n) is 8.90. The van der Waals surface area contributed by atoms with E-state index in [9.17, 15) is 14.4 Å². The average molecular weight is 260 g/mol. The number of alkyl halides is 1. The van der Waals surface area contributed by atoms with Crippen molar-refractivity contribution in [2.24, 2.45) is 0 Å². The Morgan fingerprint density at radius 2 is 2.29 bits per heavy atom. The Bertz CT molecular complexity index is 453. The van der Waals surface area contributed by atoms with Gasteiger partial charge in [0.25, 0.3) is 11.5 Å². The van der Waals surface area contributed by atoms with E-state index in [1.807, 2.05) is 0 Å². The summed E-state index contributed by atoms with van der Waals surface area (Å²) in [5, 5.41) is 7.03. The number of halogens is 1. The Labute approximate surface area is 101 Å². The third-order valence-corrected chi connectivity index (χ3v) is 2.14. The Hall–Kier alpha value is -1.89. The number of rotatable bonds is 4. The fourth-order valence-corrected chi connectivity index (χ4v) is 1.12. The second kappa shape index (κ2) is 6.00. The summed E-state index contributed by atoms with van der Waals surface area (Å²) in [5.74, 6) is -1.18. The summed E-state index contributed by atoms with van der Waals surface area (Å²) < 4.78 is 4.38. The van der Waals surface area contributed by atoms with Gasteiger partial charge in [0.1, 0.15) is 11.1 Å². The minimum atomic E-state index is -0.966. The molecule has 0 fully saturated rings. The first-order valence-corrected chi connectivity index (χ1v) is 5.04. The molecular formula is C9H10ClN3O4. The topological polar surface area (TPSA) is 101 Å². The maximum atomic E-state index is 11.5. The van der Waals surface area contributed by atoms with Crippen LogP contribution in [0, 0.1) is 0 Å². The number of ether oxygens (including phenoxy) is 1. The van der Waals surface area contributed by atoms with Crippen molar-refractivity contribution >= 4 is 23.5 Å². The highest BCUT2D eigenvalue weighted by atomic mass is 35.5. The van der Waals surface area contributed by atoms with Gasteiger partial charge >= 0.3 is 5.97 Å². The monoisotopic (exact) mass is 259 g/mol. The zero-order valence-corrected chi connectivity index (χ0v) is 9.65. The van der Waals surface area contributed by atoms with Crippen molar-refractivity contribution in [2.75, 3.05) is 13.7 Å². The molecule has 1 atom stereocenters. The molecule has 92 valence electrons. The molecule has 1 unspecified atom stereocenters. The van der Waals surface area contributed by atoms with Crippen LogP contribution in [-0.2, 0) is 9.53 Å². The number of hydrogen-bond donors (Lipinski definition) is 2. The van der Waals surface area contributed by atoms with Gasteiger partial charge in [0.05, 0.1) is 7.11 Å². The molecule has 0 radical (unpaired) electrons. The van der Waals surface area contributed by atoms with Crippen molar-refractivity contribution in [3.8, 4) is 0 Å². The largest absolute Gasteiger partial charge is 0.468 e. The van der Waals surface area contributed by atoms with Crippen LogP contribution < -0.4 is 10.9 Å². The molecule has 1 rings (SSSR count). The number of H-pyrrole nitrogens is 1. The molecule has 1 aromatic rings. The summed E-state index contributed by atoms with van der Waals surface area (Å²) >= 11 is 5.62. The summed E-state index contributed by atoms with van der Waals surface area (Å²) in [6, 6.07) is 2.43. The molecular weight excluding hydrogens is 250 g/mol. The number of methoxy groups -OCH3 is 1. The summed E-state index contributed by atoms with van der Waals surface area (Å²) in [4.78, 5) is 33.1. The highest BCUT2D eigenvalue weighted by Gasteiger charge is 2.17. The van der Waals surface area contributed by atoms with Gasteiger partial charge in [0.15, 0.2) is 0 Å². The fraction of sp³-hybridized carbons (Fsp3) is 0.333. The molecule has 8 heteroatoms. The lowest BCUT2D eigenvalue weighted by molar-refractivity contribution is -0.140. The Kier molecular flexibility index (Phi) is 4.65. The van der Waals surface area contributed by atoms with Crippen LogP contribution in [0.3, 0.4) is 0 Å². The Morgan fingerprint density at radius 3 is 2.82 bits per heavy atom. The van der Waals surface area contributed by atoms with Crippen LogP contribution in [0.5, 0.6) is 0 Å². The van der Waals surface area contributed by atoms with Crippen molar-refractivity contribution in [2.45, 2.75) is 5.38 Å². The maximum Gasteiger partial charge on any atom is 0.325 e. The minimum Gasteiger partial charge on any atom is -0.468 e. The maximum absolute atomic E-state index is 11.5. The fourth-order valence-electron chi connectivity index (χ4n) is 0.955. The summed E-state index contributed by atoms with van der Waals surface area (Å²) in [6.45, 7) is -0.0894. The quantitative estimate of drug-likeness (QED) is 0.549. The molecule has 17 heavy (non-hydrogen) atoms. The predicted octanol–water partition coefficient (Wildman–Crippen LogP) is -0.720. The highest BCUT2D eigenvalue weighted by Crippen LogP contribution is 1.97. The van der Waals surface area contributed by atoms with Gasteiger partial charge in [0, 0.05) is 12.6 Å². The van der Waals surface area contributed by atoms with Gasteiger partial charge in [0.2, 0.25) is 0 Å². The van der Waals surface area contributed by atoms with E-state index in [0.717, 1.165) is 0 Å². The first-order chi connectivity index (χ1) is 8.04. The van der Waals surface area contributed by atoms with E-state index in [0.29, 0.717) is 0 Å². The molecule has 0 aliphatic rings. The number of carbonyl (C=O) groups excluding carboxylic acids is 2. The van der Waals surface area contributed by atoms with Crippen LogP contribution in [0.25, 0.3) is 0 Å². The number of aromatic amines is 1. The van der Waals surface area contributed by atoms with Crippen molar-refractivity contribution in [1.82, 2.24) is 15.5 Å². The molecule has 1 heterocycles. The molecule has 0 saturated carbocycles. The van der Waals surface area contributed by atoms with E-state index in [2.05, 4.69) is 20.3 Å². The van der Waals surface area contributed by atoms with Crippen molar-refractivity contribution < 1.29 is 14.3 Å². The lowest BCUT2D eigenvalue weighted by Gasteiger charge is -2.08. The van der Waals surface area contributed by atoms with E-state index >= 15 is 0 Å². The van der Waals surface area contributed by atoms with Gasteiger partial charge in [-0.3, -0.25) is 14.4 Å². The molecule has 0 aliphatic heterocycles. The minimum absolute atomic E-state index is 0.0262. The number of esters is 1. The second-order valence-corrected chi connectivity index (χ2v) is 3.53. The number of nitrogens with zero attached hydrogens (tertiary/aromatic N) is 1. The summed E-state index contributed by atoms with van der Waals surface area (Å²) in [5.41, 5.74) is -0.385. The van der Waals surface area contributed by atoms with Gasteiger partial charge in [-0.1, -0.05) is 0 Å². The first kappa shape index (κ1) is 13.2. The first-order valence-electron chi connectivity index (χ1n) is 4.60. The summed E-state index contributed by atoms with van der Waals surface area (Å²) in [6.07, 6.45) is 0. The molecule has 1 amide bonds. The van der Waals surface area contributed by atoms with Crippen molar-refractivity contribution in [3.63, 3.8) is 0 Å². The molecule has 0 aliphatic carbocycles. The molecule has 0 bridgehead atoms. The molecule has 7 nitrogen and oxygen atoms in total. The Balaban J connectivity index is 2.53. The van der Waals surface area contributed by atoms with Crippen LogP contribution in [-0.4, -0.2) is 41.1 Å². The summed E-state index contributed by atoms with van der Waals surface area (Å²) in [7, 11) is 1.20. The number of carbonyl (C=O) groups is 2. The normalized spacial score (nSPS) is 11.6. The van der Waals surface area contributed by atoms with Crippen LogP contribution >= 0.6 is 11.6 Å². The van der Waals surface area contributed by atoms with Crippen LogP contribution in [0.15, 0.2) is 16.9 Å². The van der Waals surface area contributed by atoms with Crippen molar-refractivity contribution in [3.05, 3.63) is 28.2 Å². The number of nitrogens with one attached hydrogen (secondary N) is 2. The van der Waals surface area contributed by atoms with E-state index in [-0.39, 0.29) is 12.2 Å². The van der Waals surface area contributed by atoms with E-state index in [4.69, 9.17) is 11.6 Å². The van der Waals surface area contributed by atoms with Gasteiger partial charge in [-0.05, 0) is 6.07 Å². The average Bonchev–Trinajstić information content (AvgIpc) is 2.35. The van der Waals surface area contributed by atoms with Gasteiger partial charge in [-0.2, -0.15) is 5.10 Å². The highest BCUT2D eigenvalue weighted by molar-refractivity contribution is 6.30. The van der Waals surface area contributed by atoms with E-state index < -0.39 is 22.8 Å². The van der Waals surface area contributed by atoms with Crippen LogP contribution in [0.2, 0.25) is 0 Å². The third-order valence-electron chi connectivity index (χ3n) is 1.81. The molecule has 0 saturated heterocycles. The zero-order chi connectivity index (χ0) is 12.8. The molecule has 1 aromatic heterocycles. The third kappa shape index (κ3) is 3.87. The van der Waals surface area contributed by atoms with E-state index in [1.165, 1.54) is 19.2 Å². The standard InChI is InChI=1S/C9H10ClN3O4/c1-17-9(16)5(10)4-11-8(15)6-2-3-7(14)13-12-6/h2-3,5H,4H2,1H3,(H,11,15)(H,13,14). The van der Waals surface area contributed by atoms with E-state index in [1.54, 1.807) is 0 Å². The molecule has 2 N–H and O–H groups in total. The predicted molar refractivity (Wildman–Crippen MR) is 58.8 cm³/mol. The molecule has 0 spiro atoms. The SMILES string of the molecule is COC(=O)C(Cl)CNC(=O)c1ccc(=O)[nH]n1. The lowest BCUT2D eigenvalue weighted by atomic mass is 10.3. The number of amides is 1. The number of hydrogen-bond acceptors (Lipinski definition) is 5. The second-order valence-electron chi connectivity index (χ2n) is 3.01. The van der Waals surface area contributed by atoms with Gasteiger partial charge in [-0.15, -0.1) is 11.6 Å². The van der Waals surface area contributed by atoms with Gasteiger partial charge in [-0.25, -0.2) is 5.10 Å². The van der Waals surface area contributed by atoms with Crippen LogP contribution in [0.1, 0.15) is 10.5 Å². The molecule has 0 aromatic carbocycles. The van der Waals surface area contributed by atoms with Crippen LogP contribution in [0.4, 0.5) is 0 Å². The Morgan fingerprint density at radius 1 is 1.59 bits per heavy atom.